The Morgan fingerprint density at radius 1 is 1.41 bits per heavy atom. The summed E-state index contributed by atoms with van der Waals surface area (Å²) in [4.78, 5) is 15.5. The number of ketones is 1. The minimum atomic E-state index is 0.277. The number of benzene rings is 1. The molecule has 1 aliphatic carbocycles. The summed E-state index contributed by atoms with van der Waals surface area (Å²) >= 11 is 0. The summed E-state index contributed by atoms with van der Waals surface area (Å²) in [5.74, 6) is 0.607. The number of Topliss-reactive ketones (excluding diaryl/α,β-unsaturated/α-hetero) is 1. The number of aromatic nitrogens is 1. The molecule has 88 valence electrons. The Kier molecular flexibility index (Phi) is 2.50. The van der Waals surface area contributed by atoms with E-state index in [4.69, 9.17) is 0 Å². The minimum absolute atomic E-state index is 0.277. The topological polar surface area (TPSA) is 32.9 Å². The van der Waals surface area contributed by atoms with Crippen LogP contribution in [-0.2, 0) is 6.42 Å². The number of carbonyl (C=O) groups excluding carboxylic acids is 1. The number of fused-ring (bicyclic) bond motifs is 1. The second-order valence-corrected chi connectivity index (χ2v) is 4.93. The normalized spacial score (nSPS) is 16.1. The number of hydrogen-bond donors (Lipinski definition) is 1. The standard InChI is InChI=1S/C15H17NO/c1-2-10-6-7-14-12(8-10)13(9-16-14)15(17)11-4-3-5-11/h6-9,11,16H,2-5H2,1H3. The van der Waals surface area contributed by atoms with Crippen LogP contribution >= 0.6 is 0 Å². The van der Waals surface area contributed by atoms with E-state index < -0.39 is 0 Å². The highest BCUT2D eigenvalue weighted by Crippen LogP contribution is 2.32. The van der Waals surface area contributed by atoms with Gasteiger partial charge in [0.05, 0.1) is 0 Å². The molecule has 0 radical (unpaired) electrons. The Bertz CT molecular complexity index is 563. The first-order chi connectivity index (χ1) is 8.29. The third-order valence-electron chi connectivity index (χ3n) is 3.90. The molecule has 0 unspecified atom stereocenters. The van der Waals surface area contributed by atoms with Crippen molar-refractivity contribution in [3.8, 4) is 0 Å². The van der Waals surface area contributed by atoms with Crippen molar-refractivity contribution in [1.82, 2.24) is 4.98 Å². The lowest BCUT2D eigenvalue weighted by molar-refractivity contribution is 0.0857. The first-order valence-electron chi connectivity index (χ1n) is 6.44. The summed E-state index contributed by atoms with van der Waals surface area (Å²) in [5.41, 5.74) is 3.25. The summed E-state index contributed by atoms with van der Waals surface area (Å²) < 4.78 is 0. The molecule has 1 heterocycles. The van der Waals surface area contributed by atoms with Gasteiger partial charge in [0.2, 0.25) is 0 Å². The molecule has 1 fully saturated rings. The highest BCUT2D eigenvalue weighted by atomic mass is 16.1. The maximum Gasteiger partial charge on any atom is 0.168 e. The van der Waals surface area contributed by atoms with Crippen molar-refractivity contribution in [3.63, 3.8) is 0 Å². The average Bonchev–Trinajstić information content (AvgIpc) is 2.68. The molecule has 1 saturated carbocycles. The quantitative estimate of drug-likeness (QED) is 0.796. The van der Waals surface area contributed by atoms with E-state index in [1.807, 2.05) is 6.20 Å². The van der Waals surface area contributed by atoms with Crippen molar-refractivity contribution in [3.05, 3.63) is 35.5 Å². The summed E-state index contributed by atoms with van der Waals surface area (Å²) in [6.45, 7) is 2.14. The molecular weight excluding hydrogens is 210 g/mol. The van der Waals surface area contributed by atoms with Crippen LogP contribution in [0.2, 0.25) is 0 Å². The van der Waals surface area contributed by atoms with Gasteiger partial charge in [0.15, 0.2) is 5.78 Å². The first kappa shape index (κ1) is 10.6. The van der Waals surface area contributed by atoms with Crippen LogP contribution in [0.25, 0.3) is 10.9 Å². The van der Waals surface area contributed by atoms with Crippen LogP contribution in [0.3, 0.4) is 0 Å². The third-order valence-corrected chi connectivity index (χ3v) is 3.90. The van der Waals surface area contributed by atoms with Crippen LogP contribution in [0, 0.1) is 5.92 Å². The van der Waals surface area contributed by atoms with Crippen molar-refractivity contribution in [2.45, 2.75) is 32.6 Å². The zero-order valence-corrected chi connectivity index (χ0v) is 10.1. The fraction of sp³-hybridized carbons (Fsp3) is 0.400. The molecule has 3 rings (SSSR count). The Morgan fingerprint density at radius 3 is 2.88 bits per heavy atom. The van der Waals surface area contributed by atoms with E-state index in [2.05, 4.69) is 30.1 Å². The zero-order valence-electron chi connectivity index (χ0n) is 10.1. The van der Waals surface area contributed by atoms with Gasteiger partial charge in [-0.05, 0) is 37.0 Å². The maximum absolute atomic E-state index is 12.3. The summed E-state index contributed by atoms with van der Waals surface area (Å²) in [6.07, 6.45) is 6.24. The lowest BCUT2D eigenvalue weighted by atomic mass is 9.80. The molecule has 0 bridgehead atoms. The third kappa shape index (κ3) is 1.68. The van der Waals surface area contributed by atoms with E-state index >= 15 is 0 Å². The van der Waals surface area contributed by atoms with E-state index in [1.165, 1.54) is 12.0 Å². The van der Waals surface area contributed by atoms with E-state index in [0.29, 0.717) is 5.78 Å². The lowest BCUT2D eigenvalue weighted by Crippen LogP contribution is -2.21. The summed E-state index contributed by atoms with van der Waals surface area (Å²) in [5, 5.41) is 1.10. The first-order valence-corrected chi connectivity index (χ1v) is 6.44. The van der Waals surface area contributed by atoms with Gasteiger partial charge in [-0.2, -0.15) is 0 Å². The molecule has 0 atom stereocenters. The van der Waals surface area contributed by atoms with Crippen molar-refractivity contribution in [2.75, 3.05) is 0 Å². The van der Waals surface area contributed by atoms with Gasteiger partial charge in [-0.3, -0.25) is 4.79 Å². The molecule has 2 nitrogen and oxygen atoms in total. The van der Waals surface area contributed by atoms with Crippen LogP contribution in [0.1, 0.15) is 42.1 Å². The number of nitrogens with one attached hydrogen (secondary N) is 1. The van der Waals surface area contributed by atoms with Crippen molar-refractivity contribution in [2.24, 2.45) is 5.92 Å². The number of rotatable bonds is 3. The average molecular weight is 227 g/mol. The van der Waals surface area contributed by atoms with E-state index in [9.17, 15) is 4.79 Å². The number of aryl methyl sites for hydroxylation is 1. The molecule has 0 saturated heterocycles. The van der Waals surface area contributed by atoms with Gasteiger partial charge < -0.3 is 4.98 Å². The highest BCUT2D eigenvalue weighted by Gasteiger charge is 2.27. The molecule has 0 amide bonds. The van der Waals surface area contributed by atoms with Crippen molar-refractivity contribution >= 4 is 16.7 Å². The maximum atomic E-state index is 12.3. The van der Waals surface area contributed by atoms with Gasteiger partial charge in [0.25, 0.3) is 0 Å². The Labute approximate surface area is 101 Å². The van der Waals surface area contributed by atoms with Crippen molar-refractivity contribution < 1.29 is 4.79 Å². The molecule has 0 spiro atoms. The van der Waals surface area contributed by atoms with Gasteiger partial charge in [0, 0.05) is 28.6 Å². The fourth-order valence-corrected chi connectivity index (χ4v) is 2.48. The number of H-pyrrole nitrogens is 1. The highest BCUT2D eigenvalue weighted by molar-refractivity contribution is 6.09. The van der Waals surface area contributed by atoms with Crippen LogP contribution in [-0.4, -0.2) is 10.8 Å². The number of hydrogen-bond acceptors (Lipinski definition) is 1. The molecule has 17 heavy (non-hydrogen) atoms. The Morgan fingerprint density at radius 2 is 2.24 bits per heavy atom. The largest absolute Gasteiger partial charge is 0.360 e. The monoisotopic (exact) mass is 227 g/mol. The van der Waals surface area contributed by atoms with Crippen LogP contribution < -0.4 is 0 Å². The molecular formula is C15H17NO. The Balaban J connectivity index is 2.06. The lowest BCUT2D eigenvalue weighted by Gasteiger charge is -2.23. The van der Waals surface area contributed by atoms with Crippen molar-refractivity contribution in [1.29, 1.82) is 0 Å². The SMILES string of the molecule is CCc1ccc2[nH]cc(C(=O)C3CCC3)c2c1. The number of carbonyl (C=O) groups is 1. The van der Waals surface area contributed by atoms with Gasteiger partial charge in [-0.25, -0.2) is 0 Å². The smallest absolute Gasteiger partial charge is 0.168 e. The number of aromatic amines is 1. The zero-order chi connectivity index (χ0) is 11.8. The second kappa shape index (κ2) is 4.02. The molecule has 1 aliphatic rings. The second-order valence-electron chi connectivity index (χ2n) is 4.93. The minimum Gasteiger partial charge on any atom is -0.360 e. The van der Waals surface area contributed by atoms with Gasteiger partial charge in [-0.1, -0.05) is 19.4 Å². The van der Waals surface area contributed by atoms with E-state index in [1.54, 1.807) is 0 Å². The molecule has 1 aromatic heterocycles. The van der Waals surface area contributed by atoms with Gasteiger partial charge >= 0.3 is 0 Å². The summed E-state index contributed by atoms with van der Waals surface area (Å²) in [6, 6.07) is 6.35. The van der Waals surface area contributed by atoms with Gasteiger partial charge in [-0.15, -0.1) is 0 Å². The van der Waals surface area contributed by atoms with E-state index in [-0.39, 0.29) is 5.92 Å². The Hall–Kier alpha value is -1.57. The van der Waals surface area contributed by atoms with Crippen LogP contribution in [0.5, 0.6) is 0 Å². The molecule has 2 aromatic rings. The molecule has 2 heteroatoms. The molecule has 1 aromatic carbocycles. The van der Waals surface area contributed by atoms with Crippen LogP contribution in [0.4, 0.5) is 0 Å². The molecule has 1 N–H and O–H groups in total. The fourth-order valence-electron chi connectivity index (χ4n) is 2.48. The van der Waals surface area contributed by atoms with E-state index in [0.717, 1.165) is 35.7 Å². The van der Waals surface area contributed by atoms with Crippen LogP contribution in [0.15, 0.2) is 24.4 Å². The predicted octanol–water partition coefficient (Wildman–Crippen LogP) is 3.71. The predicted molar refractivity (Wildman–Crippen MR) is 69.3 cm³/mol. The van der Waals surface area contributed by atoms with Gasteiger partial charge in [0.1, 0.15) is 0 Å². The summed E-state index contributed by atoms with van der Waals surface area (Å²) in [7, 11) is 0. The molecule has 0 aliphatic heterocycles.